The first kappa shape index (κ1) is 23.2. The van der Waals surface area contributed by atoms with Crippen molar-refractivity contribution in [2.24, 2.45) is 0 Å². The van der Waals surface area contributed by atoms with E-state index in [-0.39, 0.29) is 29.4 Å². The first-order valence-electron chi connectivity index (χ1n) is 9.15. The molecule has 1 aromatic heterocycles. The van der Waals surface area contributed by atoms with Gasteiger partial charge in [0.1, 0.15) is 17.7 Å². The molecule has 0 spiro atoms. The molecule has 0 fully saturated rings. The lowest BCUT2D eigenvalue weighted by Gasteiger charge is -2.12. The Kier molecular flexibility index (Phi) is 6.28. The summed E-state index contributed by atoms with van der Waals surface area (Å²) in [7, 11) is 0. The van der Waals surface area contributed by atoms with E-state index in [4.69, 9.17) is 4.74 Å². The van der Waals surface area contributed by atoms with Crippen LogP contribution in [0.15, 0.2) is 48.7 Å². The molecular formula is C19H14F3N5O6. The molecule has 0 aliphatic heterocycles. The fourth-order valence-electron chi connectivity index (χ4n) is 2.86. The van der Waals surface area contributed by atoms with Crippen LogP contribution in [0, 0.1) is 20.2 Å². The van der Waals surface area contributed by atoms with Gasteiger partial charge in [0.2, 0.25) is 5.69 Å². The zero-order chi connectivity index (χ0) is 24.3. The molecule has 1 amide bonds. The molecule has 0 atom stereocenters. The second-order valence-electron chi connectivity index (χ2n) is 6.51. The summed E-state index contributed by atoms with van der Waals surface area (Å²) in [6.07, 6.45) is -3.73. The first-order chi connectivity index (χ1) is 15.5. The van der Waals surface area contributed by atoms with Gasteiger partial charge >= 0.3 is 11.9 Å². The van der Waals surface area contributed by atoms with Crippen molar-refractivity contribution in [2.45, 2.75) is 19.6 Å². The van der Waals surface area contributed by atoms with Crippen molar-refractivity contribution in [3.8, 4) is 11.5 Å². The second-order valence-corrected chi connectivity index (χ2v) is 6.51. The maximum atomic E-state index is 12.9. The van der Waals surface area contributed by atoms with Gasteiger partial charge in [0, 0.05) is 18.7 Å². The van der Waals surface area contributed by atoms with Crippen molar-refractivity contribution in [1.29, 1.82) is 0 Å². The SMILES string of the molecule is CCn1ncc([N+](=O)[O-])c1C(=O)Nc1cc(Oc2cccc(C(F)(F)F)c2)cc([N+](=O)[O-])c1. The fourth-order valence-corrected chi connectivity index (χ4v) is 2.86. The predicted octanol–water partition coefficient (Wildman–Crippen LogP) is 4.78. The number of carbonyl (C=O) groups is 1. The minimum absolute atomic E-state index is 0.134. The number of nitrogens with one attached hydrogen (secondary N) is 1. The summed E-state index contributed by atoms with van der Waals surface area (Å²) in [5, 5.41) is 28.5. The van der Waals surface area contributed by atoms with E-state index in [1.165, 1.54) is 6.07 Å². The van der Waals surface area contributed by atoms with Gasteiger partial charge in [-0.15, -0.1) is 0 Å². The molecule has 1 N–H and O–H groups in total. The van der Waals surface area contributed by atoms with Crippen molar-refractivity contribution in [1.82, 2.24) is 9.78 Å². The van der Waals surface area contributed by atoms with Gasteiger partial charge in [-0.05, 0) is 25.1 Å². The highest BCUT2D eigenvalue weighted by Gasteiger charge is 2.31. The van der Waals surface area contributed by atoms with Crippen LogP contribution in [0.1, 0.15) is 23.0 Å². The highest BCUT2D eigenvalue weighted by atomic mass is 19.4. The number of aromatic nitrogens is 2. The summed E-state index contributed by atoms with van der Waals surface area (Å²) < 4.78 is 45.2. The highest BCUT2D eigenvalue weighted by Crippen LogP contribution is 2.34. The number of benzene rings is 2. The average molecular weight is 465 g/mol. The summed E-state index contributed by atoms with van der Waals surface area (Å²) in [5.41, 5.74) is -2.64. The van der Waals surface area contributed by atoms with Gasteiger partial charge in [0.25, 0.3) is 11.6 Å². The van der Waals surface area contributed by atoms with Gasteiger partial charge in [-0.1, -0.05) is 6.07 Å². The lowest BCUT2D eigenvalue weighted by atomic mass is 10.2. The maximum absolute atomic E-state index is 12.9. The molecule has 0 saturated heterocycles. The molecule has 33 heavy (non-hydrogen) atoms. The molecule has 0 unspecified atom stereocenters. The van der Waals surface area contributed by atoms with Crippen LogP contribution in [0.3, 0.4) is 0 Å². The molecule has 14 heteroatoms. The molecule has 1 heterocycles. The fraction of sp³-hybridized carbons (Fsp3) is 0.158. The van der Waals surface area contributed by atoms with Crippen molar-refractivity contribution >= 4 is 23.0 Å². The number of nitrogens with zero attached hydrogens (tertiary/aromatic N) is 4. The van der Waals surface area contributed by atoms with Crippen molar-refractivity contribution < 1.29 is 32.5 Å². The van der Waals surface area contributed by atoms with Crippen LogP contribution in [0.4, 0.5) is 30.2 Å². The number of hydrogen-bond donors (Lipinski definition) is 1. The standard InChI is InChI=1S/C19H14F3N5O6/c1-2-25-17(16(10-23-25)27(31)32)18(28)24-12-7-13(26(29)30)9-15(8-12)33-14-5-3-4-11(6-14)19(20,21)22/h3-10H,2H2,1H3,(H,24,28). The van der Waals surface area contributed by atoms with Crippen LogP contribution in [0.2, 0.25) is 0 Å². The van der Waals surface area contributed by atoms with E-state index in [0.29, 0.717) is 6.07 Å². The average Bonchev–Trinajstić information content (AvgIpc) is 3.18. The normalized spacial score (nSPS) is 11.2. The Hall–Kier alpha value is -4.49. The largest absolute Gasteiger partial charge is 0.457 e. The molecule has 2 aromatic carbocycles. The molecule has 0 saturated carbocycles. The van der Waals surface area contributed by atoms with Crippen LogP contribution in [-0.4, -0.2) is 25.5 Å². The van der Waals surface area contributed by atoms with E-state index in [0.717, 1.165) is 41.2 Å². The van der Waals surface area contributed by atoms with Gasteiger partial charge in [-0.3, -0.25) is 29.7 Å². The van der Waals surface area contributed by atoms with Gasteiger partial charge < -0.3 is 10.1 Å². The minimum atomic E-state index is -4.63. The number of amides is 1. The summed E-state index contributed by atoms with van der Waals surface area (Å²) in [5.74, 6) is -1.45. The quantitative estimate of drug-likeness (QED) is 0.391. The smallest absolute Gasteiger partial charge is 0.416 e. The molecule has 3 rings (SSSR count). The van der Waals surface area contributed by atoms with E-state index in [1.54, 1.807) is 6.92 Å². The Morgan fingerprint density at radius 3 is 2.45 bits per heavy atom. The van der Waals surface area contributed by atoms with Crippen LogP contribution in [0.25, 0.3) is 0 Å². The van der Waals surface area contributed by atoms with E-state index in [2.05, 4.69) is 10.4 Å². The first-order valence-corrected chi connectivity index (χ1v) is 9.15. The molecule has 0 aliphatic rings. The lowest BCUT2D eigenvalue weighted by molar-refractivity contribution is -0.385. The number of hydrogen-bond acceptors (Lipinski definition) is 7. The summed E-state index contributed by atoms with van der Waals surface area (Å²) in [4.78, 5) is 33.6. The second kappa shape index (κ2) is 8.94. The number of halogens is 3. The number of rotatable bonds is 7. The van der Waals surface area contributed by atoms with Gasteiger partial charge in [-0.2, -0.15) is 18.3 Å². The molecule has 0 bridgehead atoms. The number of non-ortho nitro benzene ring substituents is 1. The van der Waals surface area contributed by atoms with Crippen LogP contribution in [-0.2, 0) is 12.7 Å². The van der Waals surface area contributed by atoms with Gasteiger partial charge in [-0.25, -0.2) is 0 Å². The van der Waals surface area contributed by atoms with E-state index >= 15 is 0 Å². The lowest BCUT2D eigenvalue weighted by Crippen LogP contribution is -2.18. The van der Waals surface area contributed by atoms with Gasteiger partial charge in [0.15, 0.2) is 0 Å². The Balaban J connectivity index is 1.95. The van der Waals surface area contributed by atoms with Crippen molar-refractivity contribution in [3.63, 3.8) is 0 Å². The van der Waals surface area contributed by atoms with Crippen LogP contribution >= 0.6 is 0 Å². The Morgan fingerprint density at radius 2 is 1.85 bits per heavy atom. The monoisotopic (exact) mass is 465 g/mol. The maximum Gasteiger partial charge on any atom is 0.416 e. The molecule has 0 aliphatic carbocycles. The molecule has 11 nitrogen and oxygen atoms in total. The highest BCUT2D eigenvalue weighted by molar-refractivity contribution is 6.06. The molecular weight excluding hydrogens is 451 g/mol. The number of carbonyl (C=O) groups excluding carboxylic acids is 1. The summed E-state index contributed by atoms with van der Waals surface area (Å²) >= 11 is 0. The topological polar surface area (TPSA) is 142 Å². The van der Waals surface area contributed by atoms with E-state index in [1.807, 2.05) is 0 Å². The van der Waals surface area contributed by atoms with E-state index < -0.39 is 38.9 Å². The third-order valence-electron chi connectivity index (χ3n) is 4.29. The number of alkyl halides is 3. The summed E-state index contributed by atoms with van der Waals surface area (Å²) in [6.45, 7) is 1.73. The number of aryl methyl sites for hydroxylation is 1. The Bertz CT molecular complexity index is 1240. The van der Waals surface area contributed by atoms with Crippen LogP contribution in [0.5, 0.6) is 11.5 Å². The minimum Gasteiger partial charge on any atom is -0.457 e. The molecule has 3 aromatic rings. The molecule has 172 valence electrons. The molecule has 0 radical (unpaired) electrons. The third-order valence-corrected chi connectivity index (χ3v) is 4.29. The Labute approximate surface area is 182 Å². The number of anilines is 1. The Morgan fingerprint density at radius 1 is 1.12 bits per heavy atom. The zero-order valence-corrected chi connectivity index (χ0v) is 16.7. The van der Waals surface area contributed by atoms with Gasteiger partial charge in [0.05, 0.1) is 27.2 Å². The number of ether oxygens (including phenoxy) is 1. The number of nitro groups is 2. The van der Waals surface area contributed by atoms with E-state index in [9.17, 15) is 38.2 Å². The predicted molar refractivity (Wildman–Crippen MR) is 107 cm³/mol. The zero-order valence-electron chi connectivity index (χ0n) is 16.7. The summed E-state index contributed by atoms with van der Waals surface area (Å²) in [6, 6.07) is 6.91. The van der Waals surface area contributed by atoms with Crippen molar-refractivity contribution in [3.05, 3.63) is 80.1 Å². The van der Waals surface area contributed by atoms with Crippen molar-refractivity contribution in [2.75, 3.05) is 5.32 Å². The van der Waals surface area contributed by atoms with Crippen LogP contribution < -0.4 is 10.1 Å². The third kappa shape index (κ3) is 5.23. The number of nitro benzene ring substituents is 1.